The smallest absolute Gasteiger partial charge is 0.183 e. The van der Waals surface area contributed by atoms with Crippen molar-refractivity contribution in [1.82, 2.24) is 0 Å². The monoisotopic (exact) mass is 408 g/mol. The highest BCUT2D eigenvalue weighted by Crippen LogP contribution is 2.24. The number of aliphatic hydroxyl groups excluding tert-OH is 1. The van der Waals surface area contributed by atoms with E-state index < -0.39 is 0 Å². The fourth-order valence-electron chi connectivity index (χ4n) is 3.79. The van der Waals surface area contributed by atoms with Gasteiger partial charge in [0.15, 0.2) is 6.29 Å². The van der Waals surface area contributed by atoms with Gasteiger partial charge in [-0.1, -0.05) is 76.6 Å². The molecule has 4 unspecified atom stereocenters. The maximum Gasteiger partial charge on any atom is 0.183 e. The Morgan fingerprint density at radius 1 is 0.897 bits per heavy atom. The Morgan fingerprint density at radius 3 is 2.17 bits per heavy atom. The summed E-state index contributed by atoms with van der Waals surface area (Å²) in [7, 11) is 3.40. The molecule has 0 heterocycles. The molecule has 0 aliphatic carbocycles. The molecule has 0 aliphatic heterocycles. The zero-order chi connectivity index (χ0) is 21.5. The van der Waals surface area contributed by atoms with Crippen molar-refractivity contribution < 1.29 is 19.3 Å². The van der Waals surface area contributed by atoms with E-state index in [0.717, 1.165) is 36.8 Å². The summed E-state index contributed by atoms with van der Waals surface area (Å²) in [6.45, 7) is 7.08. The lowest BCUT2D eigenvalue weighted by molar-refractivity contribution is -0.156. The number of rotatable bonds is 17. The van der Waals surface area contributed by atoms with Gasteiger partial charge in [-0.2, -0.15) is 0 Å². The van der Waals surface area contributed by atoms with Gasteiger partial charge >= 0.3 is 0 Å². The lowest BCUT2D eigenvalue weighted by atomic mass is 9.91. The van der Waals surface area contributed by atoms with Crippen molar-refractivity contribution in [3.8, 4) is 0 Å². The number of methoxy groups -OCH3 is 2. The van der Waals surface area contributed by atoms with Crippen LogP contribution in [0.25, 0.3) is 0 Å². The third kappa shape index (κ3) is 10.6. The highest BCUT2D eigenvalue weighted by molar-refractivity contribution is 5.24. The summed E-state index contributed by atoms with van der Waals surface area (Å²) in [4.78, 5) is 0. The molecule has 1 aromatic rings. The van der Waals surface area contributed by atoms with Crippen molar-refractivity contribution in [1.29, 1.82) is 0 Å². The Balaban J connectivity index is 2.59. The van der Waals surface area contributed by atoms with Gasteiger partial charge in [0.25, 0.3) is 0 Å². The van der Waals surface area contributed by atoms with E-state index in [0.29, 0.717) is 13.0 Å². The Hall–Kier alpha value is -0.940. The molecule has 1 N–H and O–H groups in total. The molecule has 0 saturated carbocycles. The fourth-order valence-corrected chi connectivity index (χ4v) is 3.79. The molecular formula is C25H44O4. The van der Waals surface area contributed by atoms with Crippen LogP contribution in [0.2, 0.25) is 0 Å². The van der Waals surface area contributed by atoms with Crippen LogP contribution < -0.4 is 0 Å². The lowest BCUT2D eigenvalue weighted by Crippen LogP contribution is -2.27. The van der Waals surface area contributed by atoms with Gasteiger partial charge in [-0.3, -0.25) is 0 Å². The summed E-state index contributed by atoms with van der Waals surface area (Å²) in [5.74, 6) is 0.186. The second-order valence-corrected chi connectivity index (χ2v) is 8.23. The van der Waals surface area contributed by atoms with E-state index in [1.54, 1.807) is 14.2 Å². The van der Waals surface area contributed by atoms with E-state index in [1.165, 1.54) is 25.7 Å². The van der Waals surface area contributed by atoms with Gasteiger partial charge in [0.05, 0.1) is 18.8 Å². The Labute approximate surface area is 179 Å². The summed E-state index contributed by atoms with van der Waals surface area (Å²) in [5, 5.41) is 10.8. The van der Waals surface area contributed by atoms with E-state index in [-0.39, 0.29) is 24.4 Å². The summed E-state index contributed by atoms with van der Waals surface area (Å²) < 4.78 is 16.9. The highest BCUT2D eigenvalue weighted by Gasteiger charge is 2.20. The first-order chi connectivity index (χ1) is 14.0. The van der Waals surface area contributed by atoms with Crippen LogP contribution in [0.5, 0.6) is 0 Å². The van der Waals surface area contributed by atoms with Crippen molar-refractivity contribution in [2.45, 2.75) is 97.1 Å². The zero-order valence-electron chi connectivity index (χ0n) is 19.4. The van der Waals surface area contributed by atoms with Gasteiger partial charge in [-0.05, 0) is 31.7 Å². The summed E-state index contributed by atoms with van der Waals surface area (Å²) in [6.07, 6.45) is 9.45. The minimum Gasteiger partial charge on any atom is -0.392 e. The van der Waals surface area contributed by atoms with Gasteiger partial charge in [0, 0.05) is 25.7 Å². The highest BCUT2D eigenvalue weighted by atomic mass is 16.7. The molecular weight excluding hydrogens is 364 g/mol. The fraction of sp³-hybridized carbons (Fsp3) is 0.760. The first-order valence-electron chi connectivity index (χ1n) is 11.5. The van der Waals surface area contributed by atoms with Gasteiger partial charge in [-0.15, -0.1) is 0 Å². The topological polar surface area (TPSA) is 47.9 Å². The Morgan fingerprint density at radius 2 is 1.59 bits per heavy atom. The van der Waals surface area contributed by atoms with Gasteiger partial charge in [-0.25, -0.2) is 0 Å². The number of hydrogen-bond donors (Lipinski definition) is 1. The molecule has 0 spiro atoms. The lowest BCUT2D eigenvalue weighted by Gasteiger charge is -2.23. The first-order valence-corrected chi connectivity index (χ1v) is 11.5. The zero-order valence-corrected chi connectivity index (χ0v) is 19.4. The number of aliphatic hydroxyl groups is 1. The van der Waals surface area contributed by atoms with Gasteiger partial charge in [0.1, 0.15) is 0 Å². The molecule has 0 bridgehead atoms. The minimum atomic E-state index is -0.383. The maximum atomic E-state index is 10.8. The van der Waals surface area contributed by atoms with Crippen LogP contribution in [0.4, 0.5) is 0 Å². The molecule has 0 saturated heterocycles. The molecule has 168 valence electrons. The van der Waals surface area contributed by atoms with E-state index in [2.05, 4.69) is 32.9 Å². The molecule has 4 heteroatoms. The van der Waals surface area contributed by atoms with Crippen LogP contribution >= 0.6 is 0 Å². The predicted molar refractivity (Wildman–Crippen MR) is 120 cm³/mol. The van der Waals surface area contributed by atoms with Crippen molar-refractivity contribution in [2.75, 3.05) is 20.8 Å². The molecule has 0 aliphatic rings. The molecule has 0 radical (unpaired) electrons. The SMILES string of the molecule is CCCCCCCC(COC)C(O)Cc1ccc(C(OC)OC(C)CCC)cc1. The van der Waals surface area contributed by atoms with Crippen molar-refractivity contribution in [2.24, 2.45) is 5.92 Å². The standard InChI is InChI=1S/C25H44O4/c1-6-8-9-10-11-13-23(19-27-4)24(26)18-21-14-16-22(17-15-21)25(28-5)29-20(3)12-7-2/h14-17,20,23-26H,6-13,18-19H2,1-5H3. The van der Waals surface area contributed by atoms with Crippen LogP contribution in [0.3, 0.4) is 0 Å². The average Bonchev–Trinajstić information content (AvgIpc) is 2.72. The van der Waals surface area contributed by atoms with E-state index in [4.69, 9.17) is 14.2 Å². The van der Waals surface area contributed by atoms with Crippen LogP contribution in [0.1, 0.15) is 89.6 Å². The number of benzene rings is 1. The van der Waals surface area contributed by atoms with Crippen molar-refractivity contribution >= 4 is 0 Å². The number of hydrogen-bond acceptors (Lipinski definition) is 4. The number of ether oxygens (including phenoxy) is 3. The van der Waals surface area contributed by atoms with E-state index in [9.17, 15) is 5.11 Å². The first kappa shape index (κ1) is 26.1. The van der Waals surface area contributed by atoms with Crippen LogP contribution in [0.15, 0.2) is 24.3 Å². The summed E-state index contributed by atoms with van der Waals surface area (Å²) in [5.41, 5.74) is 2.14. The molecule has 4 atom stereocenters. The van der Waals surface area contributed by atoms with E-state index in [1.807, 2.05) is 12.1 Å². The third-order valence-corrected chi connectivity index (χ3v) is 5.57. The maximum absolute atomic E-state index is 10.8. The summed E-state index contributed by atoms with van der Waals surface area (Å²) >= 11 is 0. The molecule has 1 aromatic carbocycles. The Kier molecular flexibility index (Phi) is 14.3. The largest absolute Gasteiger partial charge is 0.392 e. The predicted octanol–water partition coefficient (Wildman–Crippen LogP) is 6.06. The van der Waals surface area contributed by atoms with Crippen LogP contribution in [-0.4, -0.2) is 38.1 Å². The van der Waals surface area contributed by atoms with E-state index >= 15 is 0 Å². The summed E-state index contributed by atoms with van der Waals surface area (Å²) in [6, 6.07) is 8.24. The average molecular weight is 409 g/mol. The number of unbranched alkanes of at least 4 members (excludes halogenated alkanes) is 4. The molecule has 0 fully saturated rings. The Bertz CT molecular complexity index is 502. The molecule has 0 amide bonds. The van der Waals surface area contributed by atoms with Crippen molar-refractivity contribution in [3.63, 3.8) is 0 Å². The normalized spacial score (nSPS) is 15.8. The second-order valence-electron chi connectivity index (χ2n) is 8.23. The van der Waals surface area contributed by atoms with Gasteiger partial charge in [0.2, 0.25) is 0 Å². The molecule has 1 rings (SSSR count). The quantitative estimate of drug-likeness (QED) is 0.251. The van der Waals surface area contributed by atoms with Gasteiger partial charge < -0.3 is 19.3 Å². The van der Waals surface area contributed by atoms with Crippen LogP contribution in [0, 0.1) is 5.92 Å². The molecule has 29 heavy (non-hydrogen) atoms. The second kappa shape index (κ2) is 15.8. The molecule has 4 nitrogen and oxygen atoms in total. The molecule has 0 aromatic heterocycles. The van der Waals surface area contributed by atoms with Crippen LogP contribution in [-0.2, 0) is 20.6 Å². The third-order valence-electron chi connectivity index (χ3n) is 5.57. The van der Waals surface area contributed by atoms with Crippen molar-refractivity contribution in [3.05, 3.63) is 35.4 Å². The minimum absolute atomic E-state index is 0.165.